The number of carbonyl (C=O) groups is 2. The number of carboxylic acid groups (broad SMARTS) is 1. The molecule has 0 fully saturated rings. The number of nitrogens with zero attached hydrogens (tertiary/aromatic N) is 1. The number of ether oxygens (including phenoxy) is 1. The molecule has 0 unspecified atom stereocenters. The predicted octanol–water partition coefficient (Wildman–Crippen LogP) is 2.28. The summed E-state index contributed by atoms with van der Waals surface area (Å²) >= 11 is 0. The number of rotatable bonds is 10. The van der Waals surface area contributed by atoms with Gasteiger partial charge in [-0.3, -0.25) is 9.59 Å². The van der Waals surface area contributed by atoms with E-state index in [0.717, 1.165) is 12.8 Å². The third-order valence-electron chi connectivity index (χ3n) is 3.15. The summed E-state index contributed by atoms with van der Waals surface area (Å²) in [6, 6.07) is 4.74. The molecule has 0 aliphatic carbocycles. The van der Waals surface area contributed by atoms with Gasteiger partial charge < -0.3 is 14.9 Å². The first kappa shape index (κ1) is 18.5. The lowest BCUT2D eigenvalue weighted by Gasteiger charge is -2.03. The fourth-order valence-electron chi connectivity index (χ4n) is 1.92. The first-order valence-electron chi connectivity index (χ1n) is 7.43. The Morgan fingerprint density at radius 3 is 2.57 bits per heavy atom. The second kappa shape index (κ2) is 10.2. The van der Waals surface area contributed by atoms with Gasteiger partial charge in [0.05, 0.1) is 13.3 Å². The van der Waals surface area contributed by atoms with Gasteiger partial charge in [-0.15, -0.1) is 0 Å². The quantitative estimate of drug-likeness (QED) is 0.348. The molecule has 1 rings (SSSR count). The number of hydrogen-bond donors (Lipinski definition) is 3. The fourth-order valence-corrected chi connectivity index (χ4v) is 1.92. The van der Waals surface area contributed by atoms with E-state index in [-0.39, 0.29) is 18.1 Å². The Morgan fingerprint density at radius 2 is 1.91 bits per heavy atom. The van der Waals surface area contributed by atoms with E-state index in [1.165, 1.54) is 19.4 Å². The zero-order valence-electron chi connectivity index (χ0n) is 13.1. The molecule has 3 N–H and O–H groups in total. The Balaban J connectivity index is 2.24. The Morgan fingerprint density at radius 1 is 1.22 bits per heavy atom. The smallest absolute Gasteiger partial charge is 0.303 e. The molecule has 7 nitrogen and oxygen atoms in total. The van der Waals surface area contributed by atoms with Crippen molar-refractivity contribution in [2.45, 2.75) is 38.5 Å². The first-order valence-corrected chi connectivity index (χ1v) is 7.43. The van der Waals surface area contributed by atoms with Crippen LogP contribution < -0.4 is 10.2 Å². The number of carbonyl (C=O) groups excluding carboxylic acids is 1. The molecule has 7 heteroatoms. The molecular formula is C16H22N2O5. The van der Waals surface area contributed by atoms with E-state index in [1.54, 1.807) is 12.1 Å². The molecule has 0 saturated heterocycles. The molecule has 1 amide bonds. The number of phenolic OH excluding ortho intramolecular Hbond substituents is 1. The van der Waals surface area contributed by atoms with E-state index < -0.39 is 5.97 Å². The van der Waals surface area contributed by atoms with Crippen molar-refractivity contribution in [3.8, 4) is 11.5 Å². The van der Waals surface area contributed by atoms with E-state index in [0.29, 0.717) is 30.6 Å². The SMILES string of the molecule is COc1cc(/C=N/NC(=O)CCCCCCC(=O)O)ccc1O. The number of hydrazone groups is 1. The number of methoxy groups -OCH3 is 1. The van der Waals surface area contributed by atoms with E-state index in [4.69, 9.17) is 9.84 Å². The van der Waals surface area contributed by atoms with Crippen LogP contribution in [0.15, 0.2) is 23.3 Å². The zero-order chi connectivity index (χ0) is 17.1. The average molecular weight is 322 g/mol. The third kappa shape index (κ3) is 7.85. The minimum absolute atomic E-state index is 0.0385. The van der Waals surface area contributed by atoms with E-state index in [9.17, 15) is 14.7 Å². The second-order valence-electron chi connectivity index (χ2n) is 5.03. The molecule has 0 spiro atoms. The normalized spacial score (nSPS) is 10.7. The highest BCUT2D eigenvalue weighted by Gasteiger charge is 2.02. The fraction of sp³-hybridized carbons (Fsp3) is 0.438. The standard InChI is InChI=1S/C16H22N2O5/c1-23-14-10-12(8-9-13(14)19)11-17-18-15(20)6-4-2-3-5-7-16(21)22/h8-11,19H,2-7H2,1H3,(H,18,20)(H,21,22)/b17-11+. The Labute approximate surface area is 135 Å². The minimum Gasteiger partial charge on any atom is -0.504 e. The molecule has 0 saturated carbocycles. The van der Waals surface area contributed by atoms with Crippen LogP contribution in [0.5, 0.6) is 11.5 Å². The number of phenols is 1. The molecular weight excluding hydrogens is 300 g/mol. The van der Waals surface area contributed by atoms with Crippen LogP contribution in [0.25, 0.3) is 0 Å². The lowest BCUT2D eigenvalue weighted by atomic mass is 10.1. The van der Waals surface area contributed by atoms with Gasteiger partial charge in [-0.1, -0.05) is 12.8 Å². The number of carboxylic acids is 1. The van der Waals surface area contributed by atoms with Crippen LogP contribution in [-0.2, 0) is 9.59 Å². The number of aromatic hydroxyl groups is 1. The molecule has 0 aromatic heterocycles. The van der Waals surface area contributed by atoms with E-state index >= 15 is 0 Å². The highest BCUT2D eigenvalue weighted by molar-refractivity contribution is 5.83. The van der Waals surface area contributed by atoms with Crippen LogP contribution >= 0.6 is 0 Å². The molecule has 1 aromatic carbocycles. The van der Waals surface area contributed by atoms with E-state index in [2.05, 4.69) is 10.5 Å². The Hall–Kier alpha value is -2.57. The summed E-state index contributed by atoms with van der Waals surface area (Å²) in [7, 11) is 1.45. The number of hydrogen-bond acceptors (Lipinski definition) is 5. The molecule has 0 atom stereocenters. The van der Waals surface area contributed by atoms with Crippen molar-refractivity contribution in [3.63, 3.8) is 0 Å². The monoisotopic (exact) mass is 322 g/mol. The van der Waals surface area contributed by atoms with Crippen molar-refractivity contribution in [1.29, 1.82) is 0 Å². The number of unbranched alkanes of at least 4 members (excludes halogenated alkanes) is 3. The van der Waals surface area contributed by atoms with Crippen molar-refractivity contribution in [2.75, 3.05) is 7.11 Å². The van der Waals surface area contributed by atoms with Gasteiger partial charge in [0.2, 0.25) is 5.91 Å². The van der Waals surface area contributed by atoms with Crippen LogP contribution in [0, 0.1) is 0 Å². The lowest BCUT2D eigenvalue weighted by Crippen LogP contribution is -2.16. The average Bonchev–Trinajstić information content (AvgIpc) is 2.52. The van der Waals surface area contributed by atoms with Crippen molar-refractivity contribution in [3.05, 3.63) is 23.8 Å². The molecule has 0 bridgehead atoms. The molecule has 1 aromatic rings. The minimum atomic E-state index is -0.789. The van der Waals surface area contributed by atoms with Crippen LogP contribution in [0.1, 0.15) is 44.1 Å². The van der Waals surface area contributed by atoms with Crippen molar-refractivity contribution in [1.82, 2.24) is 5.43 Å². The number of aliphatic carboxylic acids is 1. The van der Waals surface area contributed by atoms with Crippen molar-refractivity contribution in [2.24, 2.45) is 5.10 Å². The predicted molar refractivity (Wildman–Crippen MR) is 85.7 cm³/mol. The van der Waals surface area contributed by atoms with Crippen LogP contribution in [-0.4, -0.2) is 35.4 Å². The molecule has 0 aliphatic heterocycles. The summed E-state index contributed by atoms with van der Waals surface area (Å²) in [4.78, 5) is 21.9. The molecule has 0 aliphatic rings. The lowest BCUT2D eigenvalue weighted by molar-refractivity contribution is -0.137. The van der Waals surface area contributed by atoms with Crippen molar-refractivity contribution < 1.29 is 24.5 Å². The number of benzene rings is 1. The van der Waals surface area contributed by atoms with Gasteiger partial charge in [0.1, 0.15) is 0 Å². The van der Waals surface area contributed by atoms with Gasteiger partial charge in [0.25, 0.3) is 0 Å². The van der Waals surface area contributed by atoms with Crippen LogP contribution in [0.2, 0.25) is 0 Å². The Bertz CT molecular complexity index is 557. The zero-order valence-corrected chi connectivity index (χ0v) is 13.1. The van der Waals surface area contributed by atoms with Gasteiger partial charge in [0.15, 0.2) is 11.5 Å². The highest BCUT2D eigenvalue weighted by Crippen LogP contribution is 2.25. The summed E-state index contributed by atoms with van der Waals surface area (Å²) in [5.74, 6) is -0.605. The third-order valence-corrected chi connectivity index (χ3v) is 3.15. The number of nitrogens with one attached hydrogen (secondary N) is 1. The maximum absolute atomic E-state index is 11.6. The Kier molecular flexibility index (Phi) is 8.20. The topological polar surface area (TPSA) is 108 Å². The summed E-state index contributed by atoms with van der Waals surface area (Å²) in [6.45, 7) is 0. The number of amides is 1. The molecule has 0 heterocycles. The largest absolute Gasteiger partial charge is 0.504 e. The van der Waals surface area contributed by atoms with Crippen LogP contribution in [0.3, 0.4) is 0 Å². The summed E-state index contributed by atoms with van der Waals surface area (Å²) in [5, 5.41) is 21.8. The maximum Gasteiger partial charge on any atom is 0.303 e. The maximum atomic E-state index is 11.6. The second-order valence-corrected chi connectivity index (χ2v) is 5.03. The molecule has 126 valence electrons. The van der Waals surface area contributed by atoms with Gasteiger partial charge >= 0.3 is 5.97 Å². The highest BCUT2D eigenvalue weighted by atomic mass is 16.5. The first-order chi connectivity index (χ1) is 11.0. The van der Waals surface area contributed by atoms with Gasteiger partial charge in [0, 0.05) is 12.8 Å². The summed E-state index contributed by atoms with van der Waals surface area (Å²) < 4.78 is 4.98. The summed E-state index contributed by atoms with van der Waals surface area (Å²) in [6.07, 6.45) is 4.95. The summed E-state index contributed by atoms with van der Waals surface area (Å²) in [5.41, 5.74) is 3.11. The van der Waals surface area contributed by atoms with Crippen molar-refractivity contribution >= 4 is 18.1 Å². The van der Waals surface area contributed by atoms with E-state index in [1.807, 2.05) is 0 Å². The molecule has 0 radical (unpaired) electrons. The van der Waals surface area contributed by atoms with Gasteiger partial charge in [-0.2, -0.15) is 5.10 Å². The van der Waals surface area contributed by atoms with Gasteiger partial charge in [-0.05, 0) is 36.6 Å². The van der Waals surface area contributed by atoms with Gasteiger partial charge in [-0.25, -0.2) is 5.43 Å². The van der Waals surface area contributed by atoms with Crippen LogP contribution in [0.4, 0.5) is 0 Å². The molecule has 23 heavy (non-hydrogen) atoms.